The summed E-state index contributed by atoms with van der Waals surface area (Å²) in [6.45, 7) is 2.45. The maximum Gasteiger partial charge on any atom is 0.251 e. The molecule has 0 saturated carbocycles. The third kappa shape index (κ3) is 4.41. The summed E-state index contributed by atoms with van der Waals surface area (Å²) in [5, 5.41) is 2.97. The molecule has 0 radical (unpaired) electrons. The number of methoxy groups -OCH3 is 1. The van der Waals surface area contributed by atoms with Crippen molar-refractivity contribution in [1.29, 1.82) is 0 Å². The smallest absolute Gasteiger partial charge is 0.251 e. The van der Waals surface area contributed by atoms with E-state index in [-0.39, 0.29) is 11.9 Å². The Morgan fingerprint density at radius 2 is 1.92 bits per heavy atom. The van der Waals surface area contributed by atoms with Crippen LogP contribution in [0.5, 0.6) is 5.75 Å². The van der Waals surface area contributed by atoms with Crippen LogP contribution in [-0.2, 0) is 0 Å². The quantitative estimate of drug-likeness (QED) is 0.856. The number of hydrogen-bond acceptors (Lipinski definition) is 3. The third-order valence-corrected chi connectivity index (χ3v) is 4.87. The van der Waals surface area contributed by atoms with Gasteiger partial charge in [-0.2, -0.15) is 0 Å². The SMILES string of the molecule is COc1ccccc1C(CNC(=O)c1cccc(F)c1)N1CCCCC1. The van der Waals surface area contributed by atoms with Crippen molar-refractivity contribution in [2.75, 3.05) is 26.7 Å². The zero-order valence-corrected chi connectivity index (χ0v) is 15.1. The number of nitrogens with zero attached hydrogens (tertiary/aromatic N) is 1. The second-order valence-electron chi connectivity index (χ2n) is 6.57. The Morgan fingerprint density at radius 3 is 2.65 bits per heavy atom. The lowest BCUT2D eigenvalue weighted by Crippen LogP contribution is -2.40. The van der Waals surface area contributed by atoms with E-state index in [1.54, 1.807) is 19.2 Å². The van der Waals surface area contributed by atoms with Crippen LogP contribution in [0.4, 0.5) is 4.39 Å². The standard InChI is InChI=1S/C21H25FN2O2/c1-26-20-11-4-3-10-18(20)19(24-12-5-2-6-13-24)15-23-21(25)16-8-7-9-17(22)14-16/h3-4,7-11,14,19H,2,5-6,12-13,15H2,1H3,(H,23,25). The van der Waals surface area contributed by atoms with Gasteiger partial charge in [-0.15, -0.1) is 0 Å². The number of nitrogens with one attached hydrogen (secondary N) is 1. The van der Waals surface area contributed by atoms with Crippen LogP contribution in [0.25, 0.3) is 0 Å². The molecule has 1 atom stereocenters. The first-order valence-corrected chi connectivity index (χ1v) is 9.10. The minimum absolute atomic E-state index is 0.0314. The Morgan fingerprint density at radius 1 is 1.15 bits per heavy atom. The predicted octanol–water partition coefficient (Wildman–Crippen LogP) is 3.79. The number of carbonyl (C=O) groups is 1. The highest BCUT2D eigenvalue weighted by molar-refractivity contribution is 5.94. The number of piperidine rings is 1. The average molecular weight is 356 g/mol. The molecule has 0 aliphatic carbocycles. The average Bonchev–Trinajstić information content (AvgIpc) is 2.69. The molecule has 1 unspecified atom stereocenters. The fraction of sp³-hybridized carbons (Fsp3) is 0.381. The van der Waals surface area contributed by atoms with E-state index < -0.39 is 5.82 Å². The van der Waals surface area contributed by atoms with E-state index in [9.17, 15) is 9.18 Å². The van der Waals surface area contributed by atoms with Gasteiger partial charge >= 0.3 is 0 Å². The number of carbonyl (C=O) groups excluding carboxylic acids is 1. The molecular formula is C21H25FN2O2. The summed E-state index contributed by atoms with van der Waals surface area (Å²) in [5.41, 5.74) is 1.40. The minimum Gasteiger partial charge on any atom is -0.496 e. The van der Waals surface area contributed by atoms with Crippen LogP contribution in [-0.4, -0.2) is 37.6 Å². The molecule has 26 heavy (non-hydrogen) atoms. The third-order valence-electron chi connectivity index (χ3n) is 4.87. The number of hydrogen-bond donors (Lipinski definition) is 1. The van der Waals surface area contributed by atoms with Crippen LogP contribution in [0, 0.1) is 5.82 Å². The van der Waals surface area contributed by atoms with Gasteiger partial charge in [0.05, 0.1) is 13.2 Å². The summed E-state index contributed by atoms with van der Waals surface area (Å²) in [5.74, 6) is 0.152. The van der Waals surface area contributed by atoms with Gasteiger partial charge in [0.15, 0.2) is 0 Å². The van der Waals surface area contributed by atoms with E-state index in [4.69, 9.17) is 4.74 Å². The van der Waals surface area contributed by atoms with Crippen molar-refractivity contribution in [3.8, 4) is 5.75 Å². The predicted molar refractivity (Wildman–Crippen MR) is 99.9 cm³/mol. The van der Waals surface area contributed by atoms with Crippen molar-refractivity contribution >= 4 is 5.91 Å². The molecule has 2 aromatic carbocycles. The number of likely N-dealkylation sites (tertiary alicyclic amines) is 1. The number of benzene rings is 2. The highest BCUT2D eigenvalue weighted by atomic mass is 19.1. The van der Waals surface area contributed by atoms with E-state index in [1.165, 1.54) is 18.6 Å². The highest BCUT2D eigenvalue weighted by Crippen LogP contribution is 2.30. The lowest BCUT2D eigenvalue weighted by Gasteiger charge is -2.35. The monoisotopic (exact) mass is 356 g/mol. The molecule has 1 amide bonds. The van der Waals surface area contributed by atoms with Crippen LogP contribution >= 0.6 is 0 Å². The largest absolute Gasteiger partial charge is 0.496 e. The summed E-state index contributed by atoms with van der Waals surface area (Å²) in [6.07, 6.45) is 3.55. The molecule has 3 rings (SSSR count). The van der Waals surface area contributed by atoms with Crippen molar-refractivity contribution in [2.45, 2.75) is 25.3 Å². The van der Waals surface area contributed by atoms with Crippen molar-refractivity contribution in [3.63, 3.8) is 0 Å². The molecule has 0 spiro atoms. The van der Waals surface area contributed by atoms with Crippen LogP contribution < -0.4 is 10.1 Å². The fourth-order valence-corrected chi connectivity index (χ4v) is 3.53. The normalized spacial score (nSPS) is 16.1. The van der Waals surface area contributed by atoms with Crippen LogP contribution in [0.1, 0.15) is 41.2 Å². The first-order valence-electron chi connectivity index (χ1n) is 9.10. The maximum atomic E-state index is 13.4. The molecule has 1 aliphatic heterocycles. The van der Waals surface area contributed by atoms with E-state index >= 15 is 0 Å². The Bertz CT molecular complexity index is 744. The molecule has 1 saturated heterocycles. The van der Waals surface area contributed by atoms with Crippen molar-refractivity contribution < 1.29 is 13.9 Å². The zero-order chi connectivity index (χ0) is 18.4. The molecule has 2 aromatic rings. The number of amides is 1. The van der Waals surface area contributed by atoms with Crippen LogP contribution in [0.3, 0.4) is 0 Å². The van der Waals surface area contributed by atoms with Gasteiger partial charge in [0.25, 0.3) is 5.91 Å². The van der Waals surface area contributed by atoms with Crippen molar-refractivity contribution in [1.82, 2.24) is 10.2 Å². The number of ether oxygens (including phenoxy) is 1. The van der Waals surface area contributed by atoms with Crippen molar-refractivity contribution in [3.05, 3.63) is 65.5 Å². The molecule has 1 N–H and O–H groups in total. The minimum atomic E-state index is -0.407. The van der Waals surface area contributed by atoms with Gasteiger partial charge in [0.2, 0.25) is 0 Å². The van der Waals surface area contributed by atoms with Gasteiger partial charge in [-0.25, -0.2) is 4.39 Å². The topological polar surface area (TPSA) is 41.6 Å². The van der Waals surface area contributed by atoms with E-state index in [0.29, 0.717) is 12.1 Å². The van der Waals surface area contributed by atoms with Gasteiger partial charge in [-0.05, 0) is 50.2 Å². The molecule has 1 heterocycles. The first-order chi connectivity index (χ1) is 12.7. The number of para-hydroxylation sites is 1. The Balaban J connectivity index is 1.78. The highest BCUT2D eigenvalue weighted by Gasteiger charge is 2.25. The lowest BCUT2D eigenvalue weighted by molar-refractivity contribution is 0.0922. The van der Waals surface area contributed by atoms with Gasteiger partial charge in [0, 0.05) is 17.7 Å². The Labute approximate surface area is 154 Å². The van der Waals surface area contributed by atoms with Crippen molar-refractivity contribution in [2.24, 2.45) is 0 Å². The summed E-state index contributed by atoms with van der Waals surface area (Å²) < 4.78 is 18.9. The van der Waals surface area contributed by atoms with Gasteiger partial charge < -0.3 is 10.1 Å². The lowest BCUT2D eigenvalue weighted by atomic mass is 10.0. The summed E-state index contributed by atoms with van der Waals surface area (Å²) in [4.78, 5) is 14.8. The zero-order valence-electron chi connectivity index (χ0n) is 15.1. The maximum absolute atomic E-state index is 13.4. The molecular weight excluding hydrogens is 331 g/mol. The summed E-state index contributed by atoms with van der Waals surface area (Å²) >= 11 is 0. The molecule has 4 nitrogen and oxygen atoms in total. The van der Waals surface area contributed by atoms with E-state index in [2.05, 4.69) is 10.2 Å². The van der Waals surface area contributed by atoms with Gasteiger partial charge in [0.1, 0.15) is 11.6 Å². The summed E-state index contributed by atoms with van der Waals surface area (Å²) in [7, 11) is 1.66. The molecule has 1 fully saturated rings. The van der Waals surface area contributed by atoms with Gasteiger partial charge in [-0.1, -0.05) is 30.7 Å². The Kier molecular flexibility index (Phi) is 6.23. The second-order valence-corrected chi connectivity index (χ2v) is 6.57. The van der Waals surface area contributed by atoms with Gasteiger partial charge in [-0.3, -0.25) is 9.69 Å². The van der Waals surface area contributed by atoms with Crippen LogP contribution in [0.2, 0.25) is 0 Å². The second kappa shape index (κ2) is 8.81. The fourth-order valence-electron chi connectivity index (χ4n) is 3.53. The molecule has 138 valence electrons. The van der Waals surface area contributed by atoms with E-state index in [1.807, 2.05) is 24.3 Å². The molecule has 0 aromatic heterocycles. The Hall–Kier alpha value is -2.40. The van der Waals surface area contributed by atoms with Crippen LogP contribution in [0.15, 0.2) is 48.5 Å². The molecule has 5 heteroatoms. The summed E-state index contributed by atoms with van der Waals surface area (Å²) in [6, 6.07) is 13.7. The molecule has 0 bridgehead atoms. The first kappa shape index (κ1) is 18.4. The van der Waals surface area contributed by atoms with E-state index in [0.717, 1.165) is 37.2 Å². The number of rotatable bonds is 6. The molecule has 1 aliphatic rings. The number of halogens is 1.